The van der Waals surface area contributed by atoms with Crippen molar-refractivity contribution in [3.05, 3.63) is 78.9 Å². The van der Waals surface area contributed by atoms with Gasteiger partial charge in [0.25, 0.3) is 0 Å². The van der Waals surface area contributed by atoms with Crippen LogP contribution in [0.4, 0.5) is 8.78 Å². The molecule has 0 saturated carbocycles. The summed E-state index contributed by atoms with van der Waals surface area (Å²) >= 11 is 0. The van der Waals surface area contributed by atoms with E-state index in [1.807, 2.05) is 4.57 Å². The minimum atomic E-state index is -5.14. The molecule has 0 aliphatic heterocycles. The van der Waals surface area contributed by atoms with E-state index in [0.717, 1.165) is 0 Å². The van der Waals surface area contributed by atoms with E-state index in [9.17, 15) is 31.5 Å². The van der Waals surface area contributed by atoms with Crippen molar-refractivity contribution in [1.29, 1.82) is 0 Å². The fourth-order valence-corrected chi connectivity index (χ4v) is 4.89. The molecule has 0 aliphatic carbocycles. The number of halogens is 2. The van der Waals surface area contributed by atoms with Gasteiger partial charge in [-0.15, -0.1) is 0 Å². The fourth-order valence-electron chi connectivity index (χ4n) is 3.17. The Hall–Kier alpha value is -3.12. The fraction of sp³-hybridized carbons (Fsp3) is 0.273. The molecule has 1 heterocycles. The predicted molar refractivity (Wildman–Crippen MR) is 127 cm³/mol. The lowest BCUT2D eigenvalue weighted by molar-refractivity contribution is -0.122. The van der Waals surface area contributed by atoms with Crippen LogP contribution in [-0.2, 0) is 32.3 Å². The predicted octanol–water partition coefficient (Wildman–Crippen LogP) is 2.77. The van der Waals surface area contributed by atoms with E-state index in [1.54, 1.807) is 36.9 Å². The molecule has 0 radical (unpaired) electrons. The zero-order chi connectivity index (χ0) is 26.2. The molecular formula is C22H25F2N4O6PS. The number of alkyl halides is 2. The van der Waals surface area contributed by atoms with Crippen molar-refractivity contribution in [3.8, 4) is 5.75 Å². The van der Waals surface area contributed by atoms with Gasteiger partial charge >= 0.3 is 13.8 Å². The molecule has 0 bridgehead atoms. The van der Waals surface area contributed by atoms with Crippen LogP contribution >= 0.6 is 7.60 Å². The molecule has 36 heavy (non-hydrogen) atoms. The number of amides is 1. The number of aryl methyl sites for hydroxylation is 1. The van der Waals surface area contributed by atoms with Crippen molar-refractivity contribution in [2.24, 2.45) is 0 Å². The van der Waals surface area contributed by atoms with E-state index in [1.165, 1.54) is 36.4 Å². The number of hydrogen-bond acceptors (Lipinski definition) is 6. The first-order chi connectivity index (χ1) is 17.1. The average Bonchev–Trinajstić information content (AvgIpc) is 3.36. The Morgan fingerprint density at radius 3 is 2.44 bits per heavy atom. The van der Waals surface area contributed by atoms with Crippen LogP contribution in [-0.4, -0.2) is 47.5 Å². The highest BCUT2D eigenvalue weighted by Crippen LogP contribution is 2.48. The molecule has 3 aromatic rings. The SMILES string of the molecule is O=C(NCCCn1ccnc1)[C@H](Cc1ccc(OP(=O)(O)C(F)F)cc1)NS(=O)(=O)c1ccccc1. The molecule has 3 N–H and O–H groups in total. The number of nitrogens with zero attached hydrogens (tertiary/aromatic N) is 2. The highest BCUT2D eigenvalue weighted by molar-refractivity contribution is 7.89. The lowest BCUT2D eigenvalue weighted by atomic mass is 10.1. The normalized spacial score (nSPS) is 14.2. The highest BCUT2D eigenvalue weighted by Gasteiger charge is 2.34. The number of aromatic nitrogens is 2. The van der Waals surface area contributed by atoms with Crippen molar-refractivity contribution in [3.63, 3.8) is 0 Å². The molecule has 10 nitrogen and oxygen atoms in total. The monoisotopic (exact) mass is 542 g/mol. The molecule has 0 fully saturated rings. The second-order valence-electron chi connectivity index (χ2n) is 7.71. The lowest BCUT2D eigenvalue weighted by Gasteiger charge is -2.19. The Kier molecular flexibility index (Phi) is 9.32. The van der Waals surface area contributed by atoms with Gasteiger partial charge in [-0.1, -0.05) is 30.3 Å². The maximum absolute atomic E-state index is 12.9. The second-order valence-corrected chi connectivity index (χ2v) is 11.1. The highest BCUT2D eigenvalue weighted by atomic mass is 32.2. The van der Waals surface area contributed by atoms with Crippen molar-refractivity contribution in [2.75, 3.05) is 6.54 Å². The number of benzene rings is 2. The smallest absolute Gasteiger partial charge is 0.421 e. The summed E-state index contributed by atoms with van der Waals surface area (Å²) in [5.41, 5.74) is 0.460. The number of imidazole rings is 1. The zero-order valence-corrected chi connectivity index (χ0v) is 20.6. The van der Waals surface area contributed by atoms with Gasteiger partial charge in [0.15, 0.2) is 0 Å². The van der Waals surface area contributed by atoms with Gasteiger partial charge in [0.2, 0.25) is 15.9 Å². The molecule has 2 atom stereocenters. The molecule has 0 saturated heterocycles. The number of rotatable bonds is 13. The average molecular weight is 543 g/mol. The number of sulfonamides is 1. The van der Waals surface area contributed by atoms with Crippen LogP contribution in [0, 0.1) is 0 Å². The Labute approximate surface area is 206 Å². The summed E-state index contributed by atoms with van der Waals surface area (Å²) in [6.45, 7) is 0.891. The summed E-state index contributed by atoms with van der Waals surface area (Å²) in [6.07, 6.45) is 2.00. The maximum Gasteiger partial charge on any atom is 0.442 e. The Balaban J connectivity index is 1.70. The third kappa shape index (κ3) is 7.95. The molecule has 14 heteroatoms. The van der Waals surface area contributed by atoms with Crippen molar-refractivity contribution in [1.82, 2.24) is 19.6 Å². The van der Waals surface area contributed by atoms with E-state index in [0.29, 0.717) is 18.5 Å². The topological polar surface area (TPSA) is 140 Å². The van der Waals surface area contributed by atoms with E-state index in [4.69, 9.17) is 0 Å². The van der Waals surface area contributed by atoms with Crippen molar-refractivity contribution >= 4 is 23.5 Å². The second kappa shape index (κ2) is 12.2. The van der Waals surface area contributed by atoms with Gasteiger partial charge in [0.05, 0.1) is 11.2 Å². The zero-order valence-electron chi connectivity index (χ0n) is 18.9. The molecule has 1 amide bonds. The molecule has 0 spiro atoms. The van der Waals surface area contributed by atoms with Crippen LogP contribution in [0.3, 0.4) is 0 Å². The summed E-state index contributed by atoms with van der Waals surface area (Å²) < 4.78 is 71.0. The summed E-state index contributed by atoms with van der Waals surface area (Å²) in [6, 6.07) is 11.5. The van der Waals surface area contributed by atoms with Gasteiger partial charge in [-0.05, 0) is 42.7 Å². The van der Waals surface area contributed by atoms with Crippen LogP contribution in [0.2, 0.25) is 0 Å². The quantitative estimate of drug-likeness (QED) is 0.223. The number of carbonyl (C=O) groups excluding carboxylic acids is 1. The van der Waals surface area contributed by atoms with Crippen molar-refractivity contribution in [2.45, 2.75) is 36.5 Å². The lowest BCUT2D eigenvalue weighted by Crippen LogP contribution is -2.48. The van der Waals surface area contributed by atoms with Crippen LogP contribution in [0.15, 0.2) is 78.2 Å². The molecule has 3 rings (SSSR count). The standard InChI is InChI=1S/C22H25F2N4O6PS/c23-22(24)35(30,31)34-18-9-7-17(8-10-18)15-20(27-36(32,33)19-5-2-1-3-6-19)21(29)26-11-4-13-28-14-12-25-16-28/h1-3,5-10,12,14,16,20,22,27H,4,11,13,15H2,(H,26,29)(H,30,31)/t20-/m0/s1. The molecule has 2 aromatic carbocycles. The largest absolute Gasteiger partial charge is 0.442 e. The minimum Gasteiger partial charge on any atom is -0.421 e. The van der Waals surface area contributed by atoms with E-state index in [2.05, 4.69) is 19.5 Å². The maximum atomic E-state index is 12.9. The number of hydrogen-bond donors (Lipinski definition) is 3. The summed E-state index contributed by atoms with van der Waals surface area (Å²) in [5.74, 6) is -0.826. The summed E-state index contributed by atoms with van der Waals surface area (Å²) in [5, 5.41) is 2.72. The van der Waals surface area contributed by atoms with E-state index in [-0.39, 0.29) is 23.6 Å². The van der Waals surface area contributed by atoms with Crippen LogP contribution in [0.25, 0.3) is 0 Å². The molecule has 194 valence electrons. The van der Waals surface area contributed by atoms with Gasteiger partial charge in [-0.3, -0.25) is 4.79 Å². The number of carbonyl (C=O) groups is 1. The molecular weight excluding hydrogens is 517 g/mol. The van der Waals surface area contributed by atoms with Crippen LogP contribution < -0.4 is 14.6 Å². The first kappa shape index (κ1) is 27.5. The van der Waals surface area contributed by atoms with Crippen LogP contribution in [0.5, 0.6) is 5.75 Å². The third-order valence-electron chi connectivity index (χ3n) is 4.96. The van der Waals surface area contributed by atoms with Crippen LogP contribution in [0.1, 0.15) is 12.0 Å². The minimum absolute atomic E-state index is 0.0163. The van der Waals surface area contributed by atoms with Gasteiger partial charge in [-0.25, -0.2) is 18.0 Å². The summed E-state index contributed by atoms with van der Waals surface area (Å²) in [7, 11) is -9.17. The molecule has 1 aromatic heterocycles. The van der Waals surface area contributed by atoms with E-state index < -0.39 is 35.7 Å². The first-order valence-electron chi connectivity index (χ1n) is 10.8. The Morgan fingerprint density at radius 2 is 1.83 bits per heavy atom. The Morgan fingerprint density at radius 1 is 1.14 bits per heavy atom. The van der Waals surface area contributed by atoms with Gasteiger partial charge in [0, 0.05) is 25.5 Å². The van der Waals surface area contributed by atoms with E-state index >= 15 is 0 Å². The molecule has 0 aliphatic rings. The van der Waals surface area contributed by atoms with Crippen molar-refractivity contribution < 1.29 is 36.0 Å². The third-order valence-corrected chi connectivity index (χ3v) is 7.42. The summed E-state index contributed by atoms with van der Waals surface area (Å²) in [4.78, 5) is 26.0. The van der Waals surface area contributed by atoms with Gasteiger partial charge in [0.1, 0.15) is 11.8 Å². The Bertz CT molecular complexity index is 1280. The molecule has 1 unspecified atom stereocenters. The number of nitrogens with one attached hydrogen (secondary N) is 2. The van der Waals surface area contributed by atoms with Gasteiger partial charge in [-0.2, -0.15) is 13.5 Å². The first-order valence-corrected chi connectivity index (χ1v) is 13.9. The van der Waals surface area contributed by atoms with Gasteiger partial charge < -0.3 is 19.3 Å².